The first kappa shape index (κ1) is 27.8. The van der Waals surface area contributed by atoms with Crippen LogP contribution in [0.25, 0.3) is 0 Å². The van der Waals surface area contributed by atoms with Crippen LogP contribution >= 0.6 is 11.8 Å². The Bertz CT molecular complexity index is 1780. The van der Waals surface area contributed by atoms with Gasteiger partial charge in [0.25, 0.3) is 11.6 Å². The molecule has 0 bridgehead atoms. The van der Waals surface area contributed by atoms with Crippen LogP contribution in [0.5, 0.6) is 11.5 Å². The second-order valence-corrected chi connectivity index (χ2v) is 10.7. The minimum atomic E-state index is -1.16. The van der Waals surface area contributed by atoms with E-state index in [0.717, 1.165) is 27.3 Å². The van der Waals surface area contributed by atoms with Gasteiger partial charge in [-0.15, -0.1) is 11.8 Å². The van der Waals surface area contributed by atoms with Crippen LogP contribution in [-0.4, -0.2) is 35.1 Å². The Balaban J connectivity index is 1.27. The van der Waals surface area contributed by atoms with Gasteiger partial charge in [-0.3, -0.25) is 29.4 Å². The van der Waals surface area contributed by atoms with Crippen LogP contribution in [0, 0.1) is 17.0 Å². The van der Waals surface area contributed by atoms with Crippen molar-refractivity contribution >= 4 is 29.5 Å². The Morgan fingerprint density at radius 3 is 2.63 bits per heavy atom. The lowest BCUT2D eigenvalue weighted by atomic mass is 9.94. The Morgan fingerprint density at radius 2 is 1.84 bits per heavy atom. The van der Waals surface area contributed by atoms with Gasteiger partial charge in [0, 0.05) is 35.0 Å². The van der Waals surface area contributed by atoms with E-state index in [1.807, 2.05) is 29.3 Å². The van der Waals surface area contributed by atoms with Crippen molar-refractivity contribution in [2.45, 2.75) is 23.6 Å². The number of ether oxygens (including phenoxy) is 3. The first-order chi connectivity index (χ1) is 20.8. The summed E-state index contributed by atoms with van der Waals surface area (Å²) in [7, 11) is 0. The zero-order chi connectivity index (χ0) is 30.1. The Hall–Kier alpha value is -5.30. The van der Waals surface area contributed by atoms with Crippen LogP contribution in [-0.2, 0) is 10.5 Å². The third-order valence-corrected chi connectivity index (χ3v) is 8.25. The molecule has 6 rings (SSSR count). The lowest BCUT2D eigenvalue weighted by Crippen LogP contribution is -2.54. The summed E-state index contributed by atoms with van der Waals surface area (Å²) in [4.78, 5) is 49.8. The number of non-ortho nitro benzene ring substituents is 1. The number of carbonyl (C=O) groups is 2. The maximum absolute atomic E-state index is 13.1. The highest BCUT2D eigenvalue weighted by Crippen LogP contribution is 2.42. The highest BCUT2D eigenvalue weighted by Gasteiger charge is 2.35. The van der Waals surface area contributed by atoms with Crippen molar-refractivity contribution < 1.29 is 28.7 Å². The molecule has 1 N–H and O–H groups in total. The summed E-state index contributed by atoms with van der Waals surface area (Å²) < 4.78 is 17.3. The average molecular weight is 601 g/mol. The number of thioether (sulfide) groups is 1. The van der Waals surface area contributed by atoms with Crippen molar-refractivity contribution in [2.75, 3.05) is 18.5 Å². The van der Waals surface area contributed by atoms with Crippen LogP contribution in [0.3, 0.4) is 0 Å². The van der Waals surface area contributed by atoms with Gasteiger partial charge in [0.2, 0.25) is 18.0 Å². The molecule has 0 fully saturated rings. The fourth-order valence-electron chi connectivity index (χ4n) is 5.13. The largest absolute Gasteiger partial charge is 0.516 e. The maximum Gasteiger partial charge on any atom is 0.516 e. The molecule has 0 saturated carbocycles. The zero-order valence-corrected chi connectivity index (χ0v) is 23.5. The van der Waals surface area contributed by atoms with Gasteiger partial charge >= 0.3 is 6.16 Å². The molecule has 1 atom stereocenters. The summed E-state index contributed by atoms with van der Waals surface area (Å²) in [5.74, 6) is 0.0124. The van der Waals surface area contributed by atoms with E-state index < -0.39 is 29.2 Å². The van der Waals surface area contributed by atoms with E-state index in [-0.39, 0.29) is 35.6 Å². The summed E-state index contributed by atoms with van der Waals surface area (Å²) in [5, 5.41) is 15.7. The molecule has 0 saturated heterocycles. The molecular weight excluding hydrogens is 576 g/mol. The number of benzene rings is 3. The van der Waals surface area contributed by atoms with Crippen molar-refractivity contribution in [3.05, 3.63) is 127 Å². The number of nitrogens with zero attached hydrogens (tertiary/aromatic N) is 3. The number of hydrogen-bond acceptors (Lipinski definition) is 10. The summed E-state index contributed by atoms with van der Waals surface area (Å²) in [6, 6.07) is 20.9. The number of fused-ring (bicyclic) bond motifs is 3. The average Bonchev–Trinajstić information content (AvgIpc) is 3.16. The first-order valence-electron chi connectivity index (χ1n) is 13.1. The van der Waals surface area contributed by atoms with Crippen LogP contribution in [0.4, 0.5) is 10.5 Å². The van der Waals surface area contributed by atoms with E-state index in [1.165, 1.54) is 37.4 Å². The van der Waals surface area contributed by atoms with Crippen molar-refractivity contribution in [1.82, 2.24) is 9.99 Å². The minimum absolute atomic E-state index is 0.0474. The van der Waals surface area contributed by atoms with Gasteiger partial charge in [0.15, 0.2) is 5.69 Å². The molecule has 1 amide bonds. The summed E-state index contributed by atoms with van der Waals surface area (Å²) in [6.07, 6.45) is 0.371. The highest BCUT2D eigenvalue weighted by molar-refractivity contribution is 7.98. The van der Waals surface area contributed by atoms with Crippen molar-refractivity contribution in [1.29, 1.82) is 0 Å². The molecule has 13 heteroatoms. The van der Waals surface area contributed by atoms with E-state index in [1.54, 1.807) is 16.4 Å². The van der Waals surface area contributed by atoms with Gasteiger partial charge in [-0.1, -0.05) is 42.5 Å². The number of carbonyl (C=O) groups excluding carboxylic acids is 2. The number of nitrogens with one attached hydrogen (secondary N) is 1. The Morgan fingerprint density at radius 1 is 1.07 bits per heavy atom. The number of rotatable bonds is 6. The lowest BCUT2D eigenvalue weighted by Gasteiger charge is -2.40. The van der Waals surface area contributed by atoms with Crippen LogP contribution in [0.1, 0.15) is 38.8 Å². The van der Waals surface area contributed by atoms with Crippen molar-refractivity contribution in [2.24, 2.45) is 0 Å². The summed E-state index contributed by atoms with van der Waals surface area (Å²) in [6.45, 7) is 0.969. The number of hydrogen-bond donors (Lipinski definition) is 1. The van der Waals surface area contributed by atoms with Crippen molar-refractivity contribution in [3.8, 4) is 11.5 Å². The van der Waals surface area contributed by atoms with E-state index >= 15 is 0 Å². The number of nitro benzene ring substituents is 1. The fraction of sp³-hybridized carbons (Fsp3) is 0.167. The van der Waals surface area contributed by atoms with Gasteiger partial charge in [0.1, 0.15) is 12.4 Å². The second kappa shape index (κ2) is 11.5. The maximum atomic E-state index is 13.1. The van der Waals surface area contributed by atoms with Crippen LogP contribution in [0.15, 0.2) is 88.7 Å². The number of amides is 1. The molecule has 2 aliphatic rings. The Labute approximate surface area is 248 Å². The molecular formula is C30H24N4O8S. The molecule has 1 aromatic heterocycles. The molecule has 43 heavy (non-hydrogen) atoms. The smallest absolute Gasteiger partial charge is 0.451 e. The summed E-state index contributed by atoms with van der Waals surface area (Å²) >= 11 is 1.74. The molecule has 0 unspecified atom stereocenters. The van der Waals surface area contributed by atoms with E-state index in [9.17, 15) is 24.5 Å². The number of nitro groups is 1. The molecule has 0 radical (unpaired) electrons. The van der Waals surface area contributed by atoms with Crippen LogP contribution in [0.2, 0.25) is 0 Å². The van der Waals surface area contributed by atoms with Gasteiger partial charge in [-0.05, 0) is 41.3 Å². The second-order valence-electron chi connectivity index (χ2n) is 9.70. The summed E-state index contributed by atoms with van der Waals surface area (Å²) in [5.41, 5.74) is 2.83. The highest BCUT2D eigenvalue weighted by atomic mass is 32.2. The Kier molecular flexibility index (Phi) is 7.47. The number of aromatic nitrogens is 1. The fourth-order valence-corrected chi connectivity index (χ4v) is 6.23. The monoisotopic (exact) mass is 600 g/mol. The van der Waals surface area contributed by atoms with Gasteiger partial charge < -0.3 is 19.5 Å². The SMILES string of the molecule is Cc1cc([N+](=O)[O-])ccc1OC(=O)OCOc1c2n(ccc1=O)N([C@H]1c3ccccc3CSc3ccccc31)CNC2=O. The number of aryl methyl sites for hydroxylation is 1. The molecule has 0 spiro atoms. The molecule has 12 nitrogen and oxygen atoms in total. The van der Waals surface area contributed by atoms with Gasteiger partial charge in [-0.2, -0.15) is 0 Å². The standard InChI is InChI=1S/C30H24N4O8S/c1-18-14-20(34(38)39)10-11-24(18)42-30(37)41-17-40-28-23(35)12-13-32-27(28)29(36)31-16-33(32)26-21-7-3-2-6-19(21)15-43-25-9-5-4-8-22(25)26/h2-14,26H,15-17H2,1H3,(H,31,36)/t26-/m0/s1. The quantitative estimate of drug-likeness (QED) is 0.109. The van der Waals surface area contributed by atoms with Gasteiger partial charge in [0.05, 0.1) is 11.0 Å². The van der Waals surface area contributed by atoms with Crippen LogP contribution < -0.4 is 25.2 Å². The van der Waals surface area contributed by atoms with E-state index in [0.29, 0.717) is 5.56 Å². The molecule has 0 aliphatic carbocycles. The van der Waals surface area contributed by atoms with Gasteiger partial charge in [-0.25, -0.2) is 4.79 Å². The third kappa shape index (κ3) is 5.37. The molecule has 3 aromatic carbocycles. The molecule has 4 aromatic rings. The molecule has 3 heterocycles. The molecule has 218 valence electrons. The predicted octanol–water partition coefficient (Wildman–Crippen LogP) is 4.65. The zero-order valence-electron chi connectivity index (χ0n) is 22.7. The lowest BCUT2D eigenvalue weighted by molar-refractivity contribution is -0.384. The predicted molar refractivity (Wildman–Crippen MR) is 156 cm³/mol. The minimum Gasteiger partial charge on any atom is -0.451 e. The number of pyridine rings is 1. The van der Waals surface area contributed by atoms with Crippen molar-refractivity contribution in [3.63, 3.8) is 0 Å². The topological polar surface area (TPSA) is 142 Å². The first-order valence-corrected chi connectivity index (χ1v) is 14.1. The van der Waals surface area contributed by atoms with E-state index in [4.69, 9.17) is 14.2 Å². The normalized spacial score (nSPS) is 15.2. The molecule has 2 aliphatic heterocycles. The van der Waals surface area contributed by atoms with E-state index in [2.05, 4.69) is 29.6 Å². The third-order valence-electron chi connectivity index (χ3n) is 7.12.